The monoisotopic (exact) mass is 544 g/mol. The third-order valence-corrected chi connectivity index (χ3v) is 9.67. The molecule has 0 radical (unpaired) electrons. The van der Waals surface area contributed by atoms with Gasteiger partial charge in [0.05, 0.1) is 16.8 Å². The number of thiophene rings is 1. The highest BCUT2D eigenvalue weighted by Crippen LogP contribution is 2.59. The molecule has 3 aliphatic heterocycles. The van der Waals surface area contributed by atoms with Crippen LogP contribution in [0.5, 0.6) is 0 Å². The zero-order valence-corrected chi connectivity index (χ0v) is 23.3. The molecule has 0 saturated carbocycles. The Morgan fingerprint density at radius 2 is 1.62 bits per heavy atom. The fourth-order valence-corrected chi connectivity index (χ4v) is 7.71. The molecule has 4 aromatic rings. The summed E-state index contributed by atoms with van der Waals surface area (Å²) in [6, 6.07) is 23.5. The first-order valence-electron chi connectivity index (χ1n) is 13.5. The average Bonchev–Trinajstić information content (AvgIpc) is 3.66. The van der Waals surface area contributed by atoms with E-state index in [1.165, 1.54) is 11.3 Å². The van der Waals surface area contributed by atoms with Crippen LogP contribution in [0.25, 0.3) is 5.57 Å². The van der Waals surface area contributed by atoms with Crippen LogP contribution in [-0.4, -0.2) is 29.6 Å². The van der Waals surface area contributed by atoms with Gasteiger partial charge in [0.2, 0.25) is 5.91 Å². The molecule has 6 heteroatoms. The van der Waals surface area contributed by atoms with Crippen molar-refractivity contribution in [3.8, 4) is 0 Å². The Hall–Kier alpha value is -4.29. The Labute approximate surface area is 237 Å². The normalized spacial score (nSPS) is 24.3. The minimum absolute atomic E-state index is 0.159. The second-order valence-electron chi connectivity index (χ2n) is 11.1. The van der Waals surface area contributed by atoms with Crippen molar-refractivity contribution in [3.05, 3.63) is 123 Å². The Morgan fingerprint density at radius 1 is 0.875 bits per heavy atom. The van der Waals surface area contributed by atoms with Crippen LogP contribution in [0.1, 0.15) is 49.2 Å². The highest BCUT2D eigenvalue weighted by Gasteiger charge is 2.70. The molecule has 4 heterocycles. The SMILES string of the molecule is CC1=C[C@H]2N(c3ccc(C)cc31)[C@@H](C(=O)c1ccc(C)cc1)[C@H](C(=O)c1cccs1)[C@]21C(=O)Nc2ccccc21. The summed E-state index contributed by atoms with van der Waals surface area (Å²) in [5.41, 5.74) is 5.78. The second kappa shape index (κ2) is 8.86. The lowest BCUT2D eigenvalue weighted by atomic mass is 9.64. The number of carbonyl (C=O) groups is 3. The molecule has 1 fully saturated rings. The number of amides is 1. The number of rotatable bonds is 4. The van der Waals surface area contributed by atoms with Crippen molar-refractivity contribution in [1.29, 1.82) is 0 Å². The highest BCUT2D eigenvalue weighted by atomic mass is 32.1. The number of nitrogens with one attached hydrogen (secondary N) is 1. The minimum Gasteiger partial charge on any atom is -0.352 e. The molecule has 0 bridgehead atoms. The average molecular weight is 545 g/mol. The fraction of sp³-hybridized carbons (Fsp3) is 0.206. The van der Waals surface area contributed by atoms with Crippen LogP contribution in [0.2, 0.25) is 0 Å². The number of nitrogens with zero attached hydrogens (tertiary/aromatic N) is 1. The number of para-hydroxylation sites is 1. The van der Waals surface area contributed by atoms with Gasteiger partial charge in [0, 0.05) is 22.5 Å². The Morgan fingerprint density at radius 3 is 2.38 bits per heavy atom. The molecule has 5 nitrogen and oxygen atoms in total. The van der Waals surface area contributed by atoms with Gasteiger partial charge >= 0.3 is 0 Å². The maximum absolute atomic E-state index is 14.7. The molecule has 40 heavy (non-hydrogen) atoms. The lowest BCUT2D eigenvalue weighted by Crippen LogP contribution is -2.51. The van der Waals surface area contributed by atoms with E-state index >= 15 is 0 Å². The Kier molecular flexibility index (Phi) is 5.48. The summed E-state index contributed by atoms with van der Waals surface area (Å²) in [7, 11) is 0. The number of Topliss-reactive ketones (excluding diaryl/α,β-unsaturated/α-hetero) is 2. The van der Waals surface area contributed by atoms with Gasteiger partial charge in [-0.15, -0.1) is 11.3 Å². The van der Waals surface area contributed by atoms with E-state index in [0.29, 0.717) is 16.1 Å². The predicted octanol–water partition coefficient (Wildman–Crippen LogP) is 6.61. The predicted molar refractivity (Wildman–Crippen MR) is 159 cm³/mol. The molecule has 4 atom stereocenters. The first kappa shape index (κ1) is 24.7. The van der Waals surface area contributed by atoms with E-state index in [1.54, 1.807) is 6.07 Å². The van der Waals surface area contributed by atoms with Crippen molar-refractivity contribution in [3.63, 3.8) is 0 Å². The molecule has 198 valence electrons. The number of fused-ring (bicyclic) bond motifs is 6. The molecule has 1 spiro atoms. The molecule has 1 N–H and O–H groups in total. The molecule has 7 rings (SSSR count). The smallest absolute Gasteiger partial charge is 0.238 e. The summed E-state index contributed by atoms with van der Waals surface area (Å²) in [6.45, 7) is 6.08. The van der Waals surface area contributed by atoms with E-state index in [2.05, 4.69) is 22.4 Å². The van der Waals surface area contributed by atoms with Crippen LogP contribution < -0.4 is 10.2 Å². The van der Waals surface area contributed by atoms with Crippen LogP contribution in [0.4, 0.5) is 11.4 Å². The lowest BCUT2D eigenvalue weighted by Gasteiger charge is -2.39. The summed E-state index contributed by atoms with van der Waals surface area (Å²) in [5, 5.41) is 4.96. The third kappa shape index (κ3) is 3.29. The maximum Gasteiger partial charge on any atom is 0.238 e. The fourth-order valence-electron chi connectivity index (χ4n) is 7.01. The largest absolute Gasteiger partial charge is 0.352 e. The van der Waals surface area contributed by atoms with E-state index in [9.17, 15) is 14.4 Å². The molecule has 3 aliphatic rings. The van der Waals surface area contributed by atoms with E-state index in [0.717, 1.165) is 33.5 Å². The van der Waals surface area contributed by atoms with Gasteiger partial charge in [0.15, 0.2) is 11.6 Å². The molecular weight excluding hydrogens is 516 g/mol. The van der Waals surface area contributed by atoms with Gasteiger partial charge in [-0.25, -0.2) is 0 Å². The van der Waals surface area contributed by atoms with Gasteiger partial charge in [-0.05, 0) is 61.6 Å². The lowest BCUT2D eigenvalue weighted by molar-refractivity contribution is -0.121. The van der Waals surface area contributed by atoms with Gasteiger partial charge in [-0.2, -0.15) is 0 Å². The first-order valence-corrected chi connectivity index (χ1v) is 14.4. The van der Waals surface area contributed by atoms with Crippen LogP contribution in [0, 0.1) is 19.8 Å². The quantitative estimate of drug-likeness (QED) is 0.294. The summed E-state index contributed by atoms with van der Waals surface area (Å²) in [6.07, 6.45) is 2.10. The molecule has 1 saturated heterocycles. The zero-order chi connectivity index (χ0) is 27.8. The van der Waals surface area contributed by atoms with Gasteiger partial charge < -0.3 is 10.2 Å². The minimum atomic E-state index is -1.29. The number of hydrogen-bond acceptors (Lipinski definition) is 5. The van der Waals surface area contributed by atoms with Crippen molar-refractivity contribution < 1.29 is 14.4 Å². The summed E-state index contributed by atoms with van der Waals surface area (Å²) in [4.78, 5) is 46.3. The number of anilines is 2. The first-order chi connectivity index (χ1) is 19.3. The van der Waals surface area contributed by atoms with Crippen molar-refractivity contribution in [2.45, 2.75) is 38.3 Å². The van der Waals surface area contributed by atoms with Crippen molar-refractivity contribution in [1.82, 2.24) is 0 Å². The van der Waals surface area contributed by atoms with E-state index in [1.807, 2.05) is 92.9 Å². The van der Waals surface area contributed by atoms with Crippen LogP contribution >= 0.6 is 11.3 Å². The van der Waals surface area contributed by atoms with E-state index in [4.69, 9.17) is 0 Å². The number of allylic oxidation sites excluding steroid dienone is 1. The summed E-state index contributed by atoms with van der Waals surface area (Å²) < 4.78 is 0. The summed E-state index contributed by atoms with van der Waals surface area (Å²) in [5.74, 6) is -1.52. The Bertz CT molecular complexity index is 1740. The van der Waals surface area contributed by atoms with Crippen LogP contribution in [-0.2, 0) is 10.2 Å². The van der Waals surface area contributed by atoms with Crippen LogP contribution in [0.3, 0.4) is 0 Å². The van der Waals surface area contributed by atoms with Gasteiger partial charge in [0.25, 0.3) is 0 Å². The van der Waals surface area contributed by atoms with E-state index in [-0.39, 0.29) is 17.5 Å². The standard InChI is InChI=1S/C34H28N2O3S/c1-19-10-13-22(14-11-19)31(37)30-29(32(38)27-9-6-16-40-27)34(24-7-4-5-8-25(24)35-33(34)39)28-18-21(3)23-17-20(2)12-15-26(23)36(28)30/h4-18,28-30H,1-3H3,(H,35,39)/t28-,29-,30-,34-/m1/s1. The topological polar surface area (TPSA) is 66.5 Å². The number of ketones is 2. The molecule has 0 unspecified atom stereocenters. The number of aryl methyl sites for hydroxylation is 2. The van der Waals surface area contributed by atoms with Gasteiger partial charge in [-0.3, -0.25) is 14.4 Å². The maximum atomic E-state index is 14.7. The summed E-state index contributed by atoms with van der Waals surface area (Å²) >= 11 is 1.35. The van der Waals surface area contributed by atoms with Gasteiger partial charge in [0.1, 0.15) is 11.5 Å². The number of benzene rings is 3. The second-order valence-corrected chi connectivity index (χ2v) is 12.0. The van der Waals surface area contributed by atoms with Crippen LogP contribution in [0.15, 0.2) is 90.3 Å². The Balaban J connectivity index is 1.56. The highest BCUT2D eigenvalue weighted by molar-refractivity contribution is 7.12. The van der Waals surface area contributed by atoms with Crippen molar-refractivity contribution >= 4 is 45.8 Å². The van der Waals surface area contributed by atoms with E-state index < -0.39 is 23.4 Å². The number of hydrogen-bond donors (Lipinski definition) is 1. The van der Waals surface area contributed by atoms with Crippen molar-refractivity contribution in [2.24, 2.45) is 5.92 Å². The molecular formula is C34H28N2O3S. The zero-order valence-electron chi connectivity index (χ0n) is 22.5. The van der Waals surface area contributed by atoms with Gasteiger partial charge in [-0.1, -0.05) is 71.8 Å². The molecule has 0 aliphatic carbocycles. The van der Waals surface area contributed by atoms with Crippen molar-refractivity contribution in [2.75, 3.05) is 10.2 Å². The molecule has 1 aromatic heterocycles. The third-order valence-electron chi connectivity index (χ3n) is 8.78. The molecule has 3 aromatic carbocycles. The molecule has 1 amide bonds. The number of carbonyl (C=O) groups excluding carboxylic acids is 3.